The number of carbonyl (C=O) groups is 1. The summed E-state index contributed by atoms with van der Waals surface area (Å²) in [5, 5.41) is 9.56. The first-order valence-electron chi connectivity index (χ1n) is 8.44. The van der Waals surface area contributed by atoms with Crippen LogP contribution >= 0.6 is 0 Å². The van der Waals surface area contributed by atoms with Gasteiger partial charge in [0.1, 0.15) is 17.4 Å². The van der Waals surface area contributed by atoms with Crippen LogP contribution in [0.25, 0.3) is 0 Å². The van der Waals surface area contributed by atoms with E-state index >= 15 is 0 Å². The molecule has 27 heavy (non-hydrogen) atoms. The van der Waals surface area contributed by atoms with Gasteiger partial charge in [-0.05, 0) is 23.1 Å². The fraction of sp³-hybridized carbons (Fsp3) is 0.474. The van der Waals surface area contributed by atoms with Gasteiger partial charge in [-0.1, -0.05) is 26.0 Å². The molecule has 5 nitrogen and oxygen atoms in total. The highest BCUT2D eigenvalue weighted by Gasteiger charge is 2.46. The van der Waals surface area contributed by atoms with Crippen molar-refractivity contribution in [1.29, 1.82) is 5.26 Å². The first-order valence-corrected chi connectivity index (χ1v) is 8.44. The lowest BCUT2D eigenvalue weighted by Gasteiger charge is -2.41. The Morgan fingerprint density at radius 3 is 2.44 bits per heavy atom. The van der Waals surface area contributed by atoms with E-state index < -0.39 is 24.4 Å². The van der Waals surface area contributed by atoms with E-state index in [9.17, 15) is 23.2 Å². The molecule has 2 N–H and O–H groups in total. The lowest BCUT2D eigenvalue weighted by Crippen LogP contribution is -2.44. The van der Waals surface area contributed by atoms with Crippen LogP contribution in [-0.4, -0.2) is 18.4 Å². The molecule has 1 heterocycles. The number of halogens is 3. The van der Waals surface area contributed by atoms with Crippen molar-refractivity contribution in [3.8, 4) is 11.8 Å². The van der Waals surface area contributed by atoms with E-state index in [-0.39, 0.29) is 16.9 Å². The summed E-state index contributed by atoms with van der Waals surface area (Å²) in [4.78, 5) is 12.8. The quantitative estimate of drug-likeness (QED) is 0.844. The molecular formula is C19H19F3N2O3. The Hall–Kier alpha value is -2.53. The predicted molar refractivity (Wildman–Crippen MR) is 89.1 cm³/mol. The molecule has 0 spiro atoms. The van der Waals surface area contributed by atoms with Gasteiger partial charge in [-0.2, -0.15) is 5.26 Å². The van der Waals surface area contributed by atoms with E-state index in [1.54, 1.807) is 0 Å². The summed E-state index contributed by atoms with van der Waals surface area (Å²) in [6.07, 6.45) is -4.91. The number of allylic oxidation sites excluding steroid dienone is 2. The molecule has 0 bridgehead atoms. The maximum atomic E-state index is 12.8. The van der Waals surface area contributed by atoms with Crippen molar-refractivity contribution in [2.75, 3.05) is 0 Å². The molecule has 1 aliphatic heterocycles. The second-order valence-corrected chi connectivity index (χ2v) is 7.61. The van der Waals surface area contributed by atoms with Crippen molar-refractivity contribution in [2.24, 2.45) is 17.1 Å². The topological polar surface area (TPSA) is 85.3 Å². The first-order chi connectivity index (χ1) is 12.5. The van der Waals surface area contributed by atoms with Crippen LogP contribution in [0.1, 0.15) is 38.2 Å². The largest absolute Gasteiger partial charge is 0.573 e. The zero-order valence-corrected chi connectivity index (χ0v) is 14.8. The molecule has 1 aromatic carbocycles. The van der Waals surface area contributed by atoms with E-state index in [2.05, 4.69) is 10.8 Å². The third-order valence-corrected chi connectivity index (χ3v) is 4.80. The minimum absolute atomic E-state index is 0.131. The fourth-order valence-electron chi connectivity index (χ4n) is 3.74. The Kier molecular flexibility index (Phi) is 4.68. The molecule has 0 amide bonds. The second kappa shape index (κ2) is 6.57. The highest BCUT2D eigenvalue weighted by Crippen LogP contribution is 2.48. The van der Waals surface area contributed by atoms with Crippen LogP contribution in [0.15, 0.2) is 35.6 Å². The van der Waals surface area contributed by atoms with Crippen molar-refractivity contribution in [3.63, 3.8) is 0 Å². The van der Waals surface area contributed by atoms with Gasteiger partial charge in [0.15, 0.2) is 12.0 Å². The van der Waals surface area contributed by atoms with Gasteiger partial charge in [-0.3, -0.25) is 10.5 Å². The molecule has 2 aliphatic rings. The van der Waals surface area contributed by atoms with Gasteiger partial charge in [0.05, 0.1) is 6.07 Å². The predicted octanol–water partition coefficient (Wildman–Crippen LogP) is 3.77. The van der Waals surface area contributed by atoms with Crippen LogP contribution in [0.3, 0.4) is 0 Å². The fourth-order valence-corrected chi connectivity index (χ4v) is 3.74. The van der Waals surface area contributed by atoms with Crippen molar-refractivity contribution in [2.45, 2.75) is 45.2 Å². The van der Waals surface area contributed by atoms with Crippen molar-refractivity contribution in [1.82, 2.24) is 0 Å². The summed E-state index contributed by atoms with van der Waals surface area (Å²) in [5.74, 6) is -1.52. The lowest BCUT2D eigenvalue weighted by molar-refractivity contribution is -0.274. The molecule has 3 atom stereocenters. The highest BCUT2D eigenvalue weighted by molar-refractivity contribution is 5.99. The van der Waals surface area contributed by atoms with Crippen LogP contribution in [0.2, 0.25) is 0 Å². The highest BCUT2D eigenvalue weighted by atomic mass is 19.4. The molecule has 0 aromatic heterocycles. The molecule has 0 fully saturated rings. The summed E-state index contributed by atoms with van der Waals surface area (Å²) >= 11 is 0. The molecule has 1 aromatic rings. The van der Waals surface area contributed by atoms with E-state index in [1.807, 2.05) is 13.8 Å². The van der Waals surface area contributed by atoms with Crippen LogP contribution in [0.4, 0.5) is 13.2 Å². The Morgan fingerprint density at radius 1 is 1.26 bits per heavy atom. The average Bonchev–Trinajstić information content (AvgIpc) is 2.51. The van der Waals surface area contributed by atoms with E-state index in [0.29, 0.717) is 29.7 Å². The zero-order valence-electron chi connectivity index (χ0n) is 14.8. The van der Waals surface area contributed by atoms with E-state index in [0.717, 1.165) is 12.1 Å². The molecule has 0 saturated heterocycles. The molecular weight excluding hydrogens is 361 g/mol. The van der Waals surface area contributed by atoms with Gasteiger partial charge in [0.2, 0.25) is 0 Å². The number of hydrogen-bond donors (Lipinski definition) is 1. The van der Waals surface area contributed by atoms with Gasteiger partial charge in [0.25, 0.3) is 0 Å². The number of rotatable bonds is 2. The van der Waals surface area contributed by atoms with Crippen molar-refractivity contribution in [3.05, 3.63) is 41.2 Å². The second-order valence-electron chi connectivity index (χ2n) is 7.61. The van der Waals surface area contributed by atoms with Gasteiger partial charge in [0, 0.05) is 24.3 Å². The third kappa shape index (κ3) is 3.93. The Labute approximate surface area is 154 Å². The summed E-state index contributed by atoms with van der Waals surface area (Å²) in [6.45, 7) is 3.89. The van der Waals surface area contributed by atoms with Gasteiger partial charge >= 0.3 is 6.36 Å². The standard InChI is InChI=1S/C19H19F3N2O3/c1-18(2)7-13(25)16-14(8-18)26-17(24)12(9-23)15(16)10-3-5-11(6-4-10)27-19(20,21)22/h3-6,12,15,17H,7-8,24H2,1-2H3. The summed E-state index contributed by atoms with van der Waals surface area (Å²) in [7, 11) is 0. The van der Waals surface area contributed by atoms with Crippen molar-refractivity contribution < 1.29 is 27.4 Å². The number of carbonyl (C=O) groups excluding carboxylic acids is 1. The van der Waals surface area contributed by atoms with Gasteiger partial charge in [-0.15, -0.1) is 13.2 Å². The number of alkyl halides is 3. The number of ketones is 1. The Morgan fingerprint density at radius 2 is 1.89 bits per heavy atom. The molecule has 1 aliphatic carbocycles. The number of ether oxygens (including phenoxy) is 2. The van der Waals surface area contributed by atoms with Crippen LogP contribution < -0.4 is 10.5 Å². The summed E-state index contributed by atoms with van der Waals surface area (Å²) in [6, 6.07) is 7.25. The SMILES string of the molecule is CC1(C)CC(=O)C2=C(C1)OC(N)C(C#N)C2c1ccc(OC(F)(F)F)cc1. The molecule has 0 radical (unpaired) electrons. The Balaban J connectivity index is 2.02. The molecule has 3 unspecified atom stereocenters. The summed E-state index contributed by atoms with van der Waals surface area (Å²) in [5.41, 5.74) is 6.64. The van der Waals surface area contributed by atoms with Gasteiger partial charge < -0.3 is 9.47 Å². The number of nitrogens with zero attached hydrogens (tertiary/aromatic N) is 1. The number of hydrogen-bond acceptors (Lipinski definition) is 5. The van der Waals surface area contributed by atoms with Crippen molar-refractivity contribution >= 4 is 5.78 Å². The lowest BCUT2D eigenvalue weighted by atomic mass is 9.68. The minimum Gasteiger partial charge on any atom is -0.478 e. The third-order valence-electron chi connectivity index (χ3n) is 4.80. The van der Waals surface area contributed by atoms with Crippen LogP contribution in [-0.2, 0) is 9.53 Å². The number of nitrogens with two attached hydrogens (primary N) is 1. The smallest absolute Gasteiger partial charge is 0.478 e. The molecule has 8 heteroatoms. The Bertz CT molecular complexity index is 822. The zero-order chi connectivity index (χ0) is 20.0. The van der Waals surface area contributed by atoms with E-state index in [1.165, 1.54) is 12.1 Å². The first kappa shape index (κ1) is 19.2. The maximum absolute atomic E-state index is 12.8. The van der Waals surface area contributed by atoms with E-state index in [4.69, 9.17) is 10.5 Å². The molecule has 3 rings (SSSR count). The van der Waals surface area contributed by atoms with Crippen LogP contribution in [0, 0.1) is 22.7 Å². The maximum Gasteiger partial charge on any atom is 0.573 e. The molecule has 0 saturated carbocycles. The monoisotopic (exact) mass is 380 g/mol. The molecule has 144 valence electrons. The number of nitriles is 1. The summed E-state index contributed by atoms with van der Waals surface area (Å²) < 4.78 is 46.6. The number of Topliss-reactive ketones (excluding diaryl/α,β-unsaturated/α-hetero) is 1. The normalized spacial score (nSPS) is 27.4. The average molecular weight is 380 g/mol. The van der Waals surface area contributed by atoms with Crippen LogP contribution in [0.5, 0.6) is 5.75 Å². The van der Waals surface area contributed by atoms with Gasteiger partial charge in [-0.25, -0.2) is 0 Å². The minimum atomic E-state index is -4.79. The number of benzene rings is 1.